The number of halogens is 1. The van der Waals surface area contributed by atoms with Crippen LogP contribution in [0.3, 0.4) is 0 Å². The fraction of sp³-hybridized carbons (Fsp3) is 0.500. The second-order valence-electron chi connectivity index (χ2n) is 4.58. The molecule has 1 heterocycles. The average Bonchev–Trinajstić information content (AvgIpc) is 2.75. The fourth-order valence-electron chi connectivity index (χ4n) is 2.29. The molecule has 1 aliphatic heterocycles. The van der Waals surface area contributed by atoms with Gasteiger partial charge >= 0.3 is 0 Å². The van der Waals surface area contributed by atoms with Crippen LogP contribution < -0.4 is 4.74 Å². The number of ether oxygens (including phenoxy) is 1. The van der Waals surface area contributed by atoms with Gasteiger partial charge in [0, 0.05) is 23.8 Å². The Morgan fingerprint density at radius 1 is 1.53 bits per heavy atom. The Hall–Kier alpha value is -1.02. The maximum atomic E-state index is 11.6. The lowest BCUT2D eigenvalue weighted by Crippen LogP contribution is -2.12. The van der Waals surface area contributed by atoms with Gasteiger partial charge in [0.1, 0.15) is 11.5 Å². The second kappa shape index (κ2) is 5.09. The zero-order chi connectivity index (χ0) is 12.4. The molecule has 1 unspecified atom stereocenters. The zero-order valence-electron chi connectivity index (χ0n) is 10.3. The fourth-order valence-corrected chi connectivity index (χ4v) is 2.55. The molecule has 0 aliphatic carbocycles. The van der Waals surface area contributed by atoms with Crippen molar-refractivity contribution in [2.75, 3.05) is 6.61 Å². The van der Waals surface area contributed by atoms with Crippen LogP contribution in [0.15, 0.2) is 12.1 Å². The third kappa shape index (κ3) is 2.63. The molecule has 1 aromatic rings. The summed E-state index contributed by atoms with van der Waals surface area (Å²) >= 11 is 6.08. The summed E-state index contributed by atoms with van der Waals surface area (Å²) in [6.07, 6.45) is 2.22. The Morgan fingerprint density at radius 2 is 2.29 bits per heavy atom. The van der Waals surface area contributed by atoms with Crippen molar-refractivity contribution in [2.45, 2.75) is 33.1 Å². The highest BCUT2D eigenvalue weighted by Gasteiger charge is 2.20. The van der Waals surface area contributed by atoms with Crippen LogP contribution in [0.1, 0.15) is 31.4 Å². The van der Waals surface area contributed by atoms with Crippen molar-refractivity contribution < 1.29 is 9.53 Å². The Morgan fingerprint density at radius 3 is 3.00 bits per heavy atom. The lowest BCUT2D eigenvalue weighted by Gasteiger charge is -2.13. The van der Waals surface area contributed by atoms with Crippen LogP contribution in [0.4, 0.5) is 0 Å². The lowest BCUT2D eigenvalue weighted by molar-refractivity contribution is -0.122. The average molecular weight is 253 g/mol. The first-order chi connectivity index (χ1) is 8.11. The first-order valence-electron chi connectivity index (χ1n) is 6.08. The molecule has 0 saturated heterocycles. The van der Waals surface area contributed by atoms with E-state index < -0.39 is 0 Å². The Bertz CT molecular complexity index is 440. The molecular formula is C14H17ClO2. The molecule has 1 aromatic carbocycles. The number of carbonyl (C=O) groups is 1. The minimum absolute atomic E-state index is 0.0340. The van der Waals surface area contributed by atoms with Gasteiger partial charge in [0.15, 0.2) is 0 Å². The van der Waals surface area contributed by atoms with Gasteiger partial charge in [-0.05, 0) is 29.7 Å². The number of ketones is 1. The highest BCUT2D eigenvalue weighted by atomic mass is 35.5. The summed E-state index contributed by atoms with van der Waals surface area (Å²) in [4.78, 5) is 11.6. The summed E-state index contributed by atoms with van der Waals surface area (Å²) in [6.45, 7) is 4.59. The molecule has 0 bridgehead atoms. The van der Waals surface area contributed by atoms with E-state index >= 15 is 0 Å². The minimum atomic E-state index is 0.0340. The largest absolute Gasteiger partial charge is 0.493 e. The SMILES string of the molecule is CCC(=O)C(C)Cc1cc(Cl)cc2c1OCC2. The van der Waals surface area contributed by atoms with Crippen LogP contribution in [0.2, 0.25) is 5.02 Å². The van der Waals surface area contributed by atoms with Crippen molar-refractivity contribution in [3.63, 3.8) is 0 Å². The van der Waals surface area contributed by atoms with E-state index in [2.05, 4.69) is 0 Å². The lowest BCUT2D eigenvalue weighted by atomic mass is 9.94. The van der Waals surface area contributed by atoms with Gasteiger partial charge in [0.2, 0.25) is 0 Å². The van der Waals surface area contributed by atoms with Crippen LogP contribution in [-0.4, -0.2) is 12.4 Å². The number of hydrogen-bond acceptors (Lipinski definition) is 2. The van der Waals surface area contributed by atoms with Crippen molar-refractivity contribution in [3.8, 4) is 5.75 Å². The van der Waals surface area contributed by atoms with Crippen LogP contribution in [0, 0.1) is 5.92 Å². The summed E-state index contributed by atoms with van der Waals surface area (Å²) in [5, 5.41) is 0.736. The van der Waals surface area contributed by atoms with Crippen LogP contribution in [0.25, 0.3) is 0 Å². The predicted molar refractivity (Wildman–Crippen MR) is 68.8 cm³/mol. The van der Waals surface area contributed by atoms with E-state index in [1.807, 2.05) is 26.0 Å². The normalized spacial score (nSPS) is 15.2. The highest BCUT2D eigenvalue weighted by molar-refractivity contribution is 6.30. The first-order valence-corrected chi connectivity index (χ1v) is 6.46. The van der Waals surface area contributed by atoms with E-state index in [1.165, 1.54) is 5.56 Å². The van der Waals surface area contributed by atoms with Crippen LogP contribution in [0.5, 0.6) is 5.75 Å². The van der Waals surface area contributed by atoms with E-state index in [9.17, 15) is 4.79 Å². The van der Waals surface area contributed by atoms with Crippen molar-refractivity contribution in [1.29, 1.82) is 0 Å². The van der Waals surface area contributed by atoms with Gasteiger partial charge in [0.25, 0.3) is 0 Å². The zero-order valence-corrected chi connectivity index (χ0v) is 11.0. The van der Waals surface area contributed by atoms with Gasteiger partial charge in [-0.3, -0.25) is 4.79 Å². The first kappa shape index (κ1) is 12.4. The van der Waals surface area contributed by atoms with Crippen molar-refractivity contribution in [2.24, 2.45) is 5.92 Å². The number of benzene rings is 1. The molecule has 0 fully saturated rings. The van der Waals surface area contributed by atoms with Crippen molar-refractivity contribution >= 4 is 17.4 Å². The highest BCUT2D eigenvalue weighted by Crippen LogP contribution is 2.34. The molecule has 0 amide bonds. The second-order valence-corrected chi connectivity index (χ2v) is 5.01. The van der Waals surface area contributed by atoms with E-state index in [0.717, 1.165) is 35.8 Å². The number of carbonyl (C=O) groups excluding carboxylic acids is 1. The molecule has 3 heteroatoms. The number of Topliss-reactive ketones (excluding diaryl/α,β-unsaturated/α-hetero) is 1. The maximum absolute atomic E-state index is 11.6. The Kier molecular flexibility index (Phi) is 3.72. The number of hydrogen-bond donors (Lipinski definition) is 0. The Balaban J connectivity index is 2.24. The molecule has 0 aromatic heterocycles. The molecule has 17 heavy (non-hydrogen) atoms. The molecule has 1 aliphatic rings. The molecule has 2 nitrogen and oxygen atoms in total. The van der Waals surface area contributed by atoms with Gasteiger partial charge in [-0.1, -0.05) is 25.4 Å². The summed E-state index contributed by atoms with van der Waals surface area (Å²) < 4.78 is 5.63. The molecule has 92 valence electrons. The summed E-state index contributed by atoms with van der Waals surface area (Å²) in [5.74, 6) is 1.27. The van der Waals surface area contributed by atoms with E-state index in [4.69, 9.17) is 16.3 Å². The number of rotatable bonds is 4. The molecule has 0 saturated carbocycles. The van der Waals surface area contributed by atoms with Gasteiger partial charge in [-0.25, -0.2) is 0 Å². The topological polar surface area (TPSA) is 26.3 Å². The van der Waals surface area contributed by atoms with E-state index in [1.54, 1.807) is 0 Å². The predicted octanol–water partition coefficient (Wildman–Crippen LogP) is 3.43. The van der Waals surface area contributed by atoms with E-state index in [0.29, 0.717) is 6.42 Å². The van der Waals surface area contributed by atoms with Gasteiger partial charge < -0.3 is 4.74 Å². The molecular weight excluding hydrogens is 236 g/mol. The summed E-state index contributed by atoms with van der Waals surface area (Å²) in [5.41, 5.74) is 2.24. The third-order valence-electron chi connectivity index (χ3n) is 3.25. The Labute approximate surface area is 107 Å². The van der Waals surface area contributed by atoms with Crippen LogP contribution in [-0.2, 0) is 17.6 Å². The summed E-state index contributed by atoms with van der Waals surface area (Å²) in [6, 6.07) is 3.88. The van der Waals surface area contributed by atoms with Crippen LogP contribution >= 0.6 is 11.6 Å². The minimum Gasteiger partial charge on any atom is -0.493 e. The monoisotopic (exact) mass is 252 g/mol. The molecule has 1 atom stereocenters. The van der Waals surface area contributed by atoms with Gasteiger partial charge in [0.05, 0.1) is 6.61 Å². The smallest absolute Gasteiger partial charge is 0.135 e. The van der Waals surface area contributed by atoms with E-state index in [-0.39, 0.29) is 11.7 Å². The standard InChI is InChI=1S/C14H17ClO2/c1-3-13(16)9(2)6-11-8-12(15)7-10-4-5-17-14(10)11/h7-9H,3-6H2,1-2H3. The molecule has 0 radical (unpaired) electrons. The molecule has 2 rings (SSSR count). The quantitative estimate of drug-likeness (QED) is 0.821. The van der Waals surface area contributed by atoms with Gasteiger partial charge in [-0.2, -0.15) is 0 Å². The maximum Gasteiger partial charge on any atom is 0.135 e. The van der Waals surface area contributed by atoms with Gasteiger partial charge in [-0.15, -0.1) is 0 Å². The molecule has 0 N–H and O–H groups in total. The number of fused-ring (bicyclic) bond motifs is 1. The van der Waals surface area contributed by atoms with Crippen molar-refractivity contribution in [3.05, 3.63) is 28.3 Å². The summed E-state index contributed by atoms with van der Waals surface area (Å²) in [7, 11) is 0. The van der Waals surface area contributed by atoms with Crippen molar-refractivity contribution in [1.82, 2.24) is 0 Å². The molecule has 0 spiro atoms. The third-order valence-corrected chi connectivity index (χ3v) is 3.47.